The van der Waals surface area contributed by atoms with E-state index in [1.165, 1.54) is 29.2 Å². The fourth-order valence-corrected chi connectivity index (χ4v) is 6.34. The predicted octanol–water partition coefficient (Wildman–Crippen LogP) is -0.642. The number of aromatic nitrogens is 2. The molecule has 0 spiro atoms. The van der Waals surface area contributed by atoms with E-state index in [0.29, 0.717) is 5.56 Å². The summed E-state index contributed by atoms with van der Waals surface area (Å²) in [4.78, 5) is 40.1. The lowest BCUT2D eigenvalue weighted by atomic mass is 9.77. The van der Waals surface area contributed by atoms with E-state index >= 15 is 0 Å². The number of β-lactam (4-membered cyclic amide) rings is 1. The summed E-state index contributed by atoms with van der Waals surface area (Å²) in [5.74, 6) is -1.68. The smallest absolute Gasteiger partial charge is 0.355 e. The van der Waals surface area contributed by atoms with Gasteiger partial charge < -0.3 is 38.7 Å². The Balaban J connectivity index is 0.00000304. The van der Waals surface area contributed by atoms with Crippen molar-refractivity contribution in [2.45, 2.75) is 39.5 Å². The lowest BCUT2D eigenvalue weighted by Gasteiger charge is -2.46. The quantitative estimate of drug-likeness (QED) is 0.0974. The van der Waals surface area contributed by atoms with Crippen LogP contribution in [0.2, 0.25) is 0 Å². The van der Waals surface area contributed by atoms with E-state index in [2.05, 4.69) is 0 Å². The van der Waals surface area contributed by atoms with E-state index in [0.717, 1.165) is 21.0 Å². The zero-order valence-corrected chi connectivity index (χ0v) is 23.0. The van der Waals surface area contributed by atoms with E-state index in [9.17, 15) is 24.8 Å². The van der Waals surface area contributed by atoms with Crippen LogP contribution < -0.4 is 28.4 Å². The lowest BCUT2D eigenvalue weighted by Crippen LogP contribution is -3.00. The molecule has 1 fully saturated rings. The number of nitro benzene ring substituents is 1. The fourth-order valence-electron chi connectivity index (χ4n) is 5.08. The zero-order chi connectivity index (χ0) is 25.2. The van der Waals surface area contributed by atoms with Gasteiger partial charge in [-0.1, -0.05) is 18.3 Å². The number of nitro groups is 1. The van der Waals surface area contributed by atoms with Gasteiger partial charge in [0.25, 0.3) is 5.69 Å². The van der Waals surface area contributed by atoms with Gasteiger partial charge in [0.05, 0.1) is 34.9 Å². The van der Waals surface area contributed by atoms with Crippen LogP contribution in [-0.4, -0.2) is 43.5 Å². The molecule has 0 saturated carbocycles. The number of fused-ring (bicyclic) bond motifs is 2. The predicted molar refractivity (Wildman–Crippen MR) is 126 cm³/mol. The molecule has 2 aromatic heterocycles. The van der Waals surface area contributed by atoms with Crippen LogP contribution in [0.1, 0.15) is 30.0 Å². The van der Waals surface area contributed by atoms with Crippen molar-refractivity contribution in [1.29, 1.82) is 0 Å². The fraction of sp³-hybridized carbons (Fsp3) is 0.375. The number of imidazole rings is 1. The Morgan fingerprint density at radius 3 is 2.58 bits per heavy atom. The van der Waals surface area contributed by atoms with Crippen LogP contribution in [0.25, 0.3) is 10.4 Å². The van der Waals surface area contributed by atoms with Crippen LogP contribution in [0.5, 0.6) is 0 Å². The molecule has 12 heteroatoms. The molecule has 190 valence electrons. The molecular weight excluding hydrogens is 599 g/mol. The highest BCUT2D eigenvalue weighted by atomic mass is 127. The molecule has 10 nitrogen and oxygen atoms in total. The van der Waals surface area contributed by atoms with E-state index in [1.807, 2.05) is 42.4 Å². The standard InChI is InChI=1S/C24H25N4O6S.HI/c1-12-18(17-9-26-11-25(4)13(2)23(26)35-17)21(27-20(12)19(14(3)29)22(27)30)24(31)34-10-15-5-7-16(8-6-15)28(32)33;/h5-9,11-12,14,19-20,29H,10H2,1-4H3;1H/q+1;/p-1/t12-,14+,19+,20+;/m0./s1. The van der Waals surface area contributed by atoms with Gasteiger partial charge in [0.1, 0.15) is 18.5 Å². The van der Waals surface area contributed by atoms with Gasteiger partial charge in [-0.15, -0.1) is 0 Å². The maximum atomic E-state index is 13.4. The number of benzene rings is 1. The van der Waals surface area contributed by atoms with Crippen molar-refractivity contribution in [3.63, 3.8) is 0 Å². The van der Waals surface area contributed by atoms with Gasteiger partial charge in [-0.2, -0.15) is 4.40 Å². The van der Waals surface area contributed by atoms with Crippen LogP contribution >= 0.6 is 11.3 Å². The minimum atomic E-state index is -0.830. The van der Waals surface area contributed by atoms with E-state index in [1.54, 1.807) is 18.3 Å². The number of hydrogen-bond donors (Lipinski definition) is 1. The number of aliphatic hydroxyl groups excluding tert-OH is 1. The van der Waals surface area contributed by atoms with E-state index < -0.39 is 22.9 Å². The molecule has 0 aliphatic carbocycles. The molecule has 3 aromatic rings. The molecule has 0 unspecified atom stereocenters. The number of hydrogen-bond acceptors (Lipinski definition) is 7. The van der Waals surface area contributed by atoms with Crippen molar-refractivity contribution >= 4 is 39.3 Å². The summed E-state index contributed by atoms with van der Waals surface area (Å²) < 4.78 is 9.59. The third kappa shape index (κ3) is 4.00. The highest BCUT2D eigenvalue weighted by Gasteiger charge is 2.60. The average Bonchev–Trinajstić information content (AvgIpc) is 3.41. The first-order valence-corrected chi connectivity index (χ1v) is 12.0. The Hall–Kier alpha value is -2.84. The van der Waals surface area contributed by atoms with Crippen molar-refractivity contribution in [3.8, 4) is 0 Å². The maximum absolute atomic E-state index is 13.4. The molecule has 2 aliphatic heterocycles. The van der Waals surface area contributed by atoms with Gasteiger partial charge in [0, 0.05) is 30.5 Å². The summed E-state index contributed by atoms with van der Waals surface area (Å²) in [5, 5.41) is 21.1. The number of amides is 1. The molecule has 0 bridgehead atoms. The van der Waals surface area contributed by atoms with E-state index in [-0.39, 0.29) is 59.8 Å². The summed E-state index contributed by atoms with van der Waals surface area (Å²) >= 11 is 1.54. The first kappa shape index (κ1) is 26.2. The Labute approximate surface area is 228 Å². The summed E-state index contributed by atoms with van der Waals surface area (Å²) in [5.41, 5.74) is 2.56. The molecule has 0 radical (unpaired) electrons. The summed E-state index contributed by atoms with van der Waals surface area (Å²) in [6.45, 7) is 5.49. The van der Waals surface area contributed by atoms with Gasteiger partial charge >= 0.3 is 5.97 Å². The third-order valence-corrected chi connectivity index (χ3v) is 8.23. The number of thiazole rings is 1. The lowest BCUT2D eigenvalue weighted by molar-refractivity contribution is -0.508. The number of non-ortho nitro benzene ring substituents is 1. The second-order valence-corrected chi connectivity index (χ2v) is 10.2. The van der Waals surface area contributed by atoms with Gasteiger partial charge in [-0.3, -0.25) is 14.9 Å². The molecular formula is C24H25IN4O6S. The normalized spacial score (nSPS) is 21.8. The SMILES string of the molecule is Cc1c2sc(C3=C(C(=O)OCc4ccc([N+](=O)[O-])cc4)N4C(=O)[C@H]([C@@H](C)O)[C@H]4[C@H]3C)c[n+]2cn1C.[I-]. The Bertz CT molecular complexity index is 1410. The number of carbonyl (C=O) groups excluding carboxylic acids is 2. The molecule has 4 heterocycles. The monoisotopic (exact) mass is 624 g/mol. The number of halogens is 1. The summed E-state index contributed by atoms with van der Waals surface area (Å²) in [7, 11) is 1.96. The number of rotatable bonds is 6. The van der Waals surface area contributed by atoms with Gasteiger partial charge in [-0.05, 0) is 24.6 Å². The molecule has 1 amide bonds. The van der Waals surface area contributed by atoms with Crippen molar-refractivity contribution in [1.82, 2.24) is 9.47 Å². The highest BCUT2D eigenvalue weighted by Crippen LogP contribution is 2.51. The zero-order valence-electron chi connectivity index (χ0n) is 20.0. The largest absolute Gasteiger partial charge is 1.00 e. The summed E-state index contributed by atoms with van der Waals surface area (Å²) in [6.07, 6.45) is 3.08. The second kappa shape index (κ2) is 9.56. The second-order valence-electron chi connectivity index (χ2n) is 9.14. The third-order valence-electron chi connectivity index (χ3n) is 6.98. The number of carbonyl (C=O) groups is 2. The molecule has 4 atom stereocenters. The minimum absolute atomic E-state index is 0. The molecule has 1 aromatic carbocycles. The Kier molecular flexibility index (Phi) is 6.96. The number of aliphatic hydroxyl groups is 1. The van der Waals surface area contributed by atoms with Crippen molar-refractivity contribution in [2.75, 3.05) is 0 Å². The van der Waals surface area contributed by atoms with Gasteiger partial charge in [0.15, 0.2) is 5.69 Å². The van der Waals surface area contributed by atoms with Crippen molar-refractivity contribution in [2.24, 2.45) is 18.9 Å². The van der Waals surface area contributed by atoms with Crippen LogP contribution in [0.15, 0.2) is 42.5 Å². The van der Waals surface area contributed by atoms with Crippen LogP contribution in [0.4, 0.5) is 5.69 Å². The van der Waals surface area contributed by atoms with Gasteiger partial charge in [0.2, 0.25) is 17.1 Å². The van der Waals surface area contributed by atoms with Gasteiger partial charge in [-0.25, -0.2) is 9.36 Å². The first-order chi connectivity index (χ1) is 16.6. The molecule has 1 N–H and O–H groups in total. The minimum Gasteiger partial charge on any atom is -1.00 e. The van der Waals surface area contributed by atoms with Crippen LogP contribution in [0.3, 0.4) is 0 Å². The molecule has 36 heavy (non-hydrogen) atoms. The molecule has 1 saturated heterocycles. The van der Waals surface area contributed by atoms with Crippen molar-refractivity contribution in [3.05, 3.63) is 68.7 Å². The number of ether oxygens (including phenoxy) is 1. The van der Waals surface area contributed by atoms with Crippen LogP contribution in [-0.2, 0) is 28.0 Å². The highest BCUT2D eigenvalue weighted by molar-refractivity contribution is 7.18. The number of nitrogens with zero attached hydrogens (tertiary/aromatic N) is 4. The van der Waals surface area contributed by atoms with Crippen molar-refractivity contribution < 1.29 is 52.7 Å². The number of aryl methyl sites for hydroxylation is 2. The molecule has 2 aliphatic rings. The van der Waals surface area contributed by atoms with Crippen LogP contribution in [0, 0.1) is 28.9 Å². The Morgan fingerprint density at radius 2 is 2.00 bits per heavy atom. The first-order valence-electron chi connectivity index (χ1n) is 11.2. The Morgan fingerprint density at radius 1 is 1.33 bits per heavy atom. The van der Waals surface area contributed by atoms with E-state index in [4.69, 9.17) is 4.74 Å². The molecule has 5 rings (SSSR count). The number of esters is 1. The topological polar surface area (TPSA) is 119 Å². The maximum Gasteiger partial charge on any atom is 0.355 e. The average molecular weight is 624 g/mol. The summed E-state index contributed by atoms with van der Waals surface area (Å²) in [6, 6.07) is 5.45.